The fourth-order valence-electron chi connectivity index (χ4n) is 2.09. The third-order valence-corrected chi connectivity index (χ3v) is 2.88. The summed E-state index contributed by atoms with van der Waals surface area (Å²) in [6.45, 7) is 2.81. The molecular weight excluding hydrogens is 168 g/mol. The summed E-state index contributed by atoms with van der Waals surface area (Å²) in [7, 11) is 0. The summed E-state index contributed by atoms with van der Waals surface area (Å²) in [4.78, 5) is 13.1. The highest BCUT2D eigenvalue weighted by molar-refractivity contribution is 5.78. The lowest BCUT2D eigenvalue weighted by atomic mass is 10.0. The highest BCUT2D eigenvalue weighted by Gasteiger charge is 2.35. The van der Waals surface area contributed by atoms with Crippen LogP contribution in [0.3, 0.4) is 0 Å². The van der Waals surface area contributed by atoms with Crippen molar-refractivity contribution in [1.29, 1.82) is 0 Å². The summed E-state index contributed by atoms with van der Waals surface area (Å²) in [5, 5.41) is 13.1. The predicted octanol–water partition coefficient (Wildman–Crippen LogP) is -0.667. The number of nitrogens with zero attached hydrogens (tertiary/aromatic N) is 1. The topological polar surface area (TPSA) is 52.6 Å². The molecule has 0 radical (unpaired) electrons. The van der Waals surface area contributed by atoms with Crippen LogP contribution in [0.4, 0.5) is 0 Å². The lowest BCUT2D eigenvalue weighted by Gasteiger charge is -2.27. The summed E-state index contributed by atoms with van der Waals surface area (Å²) < 4.78 is 0. The maximum absolute atomic E-state index is 11.3. The van der Waals surface area contributed by atoms with Gasteiger partial charge < -0.3 is 15.3 Å². The van der Waals surface area contributed by atoms with Crippen molar-refractivity contribution in [2.24, 2.45) is 0 Å². The highest BCUT2D eigenvalue weighted by atomic mass is 16.3. The second kappa shape index (κ2) is 3.27. The molecular formula is C9H16N2O2. The molecule has 0 spiro atoms. The fourth-order valence-corrected chi connectivity index (χ4v) is 2.09. The van der Waals surface area contributed by atoms with Gasteiger partial charge in [0.05, 0.1) is 12.1 Å². The average Bonchev–Trinajstić information content (AvgIpc) is 2.64. The molecule has 2 aliphatic rings. The molecule has 2 heterocycles. The van der Waals surface area contributed by atoms with Crippen molar-refractivity contribution in [2.45, 2.75) is 24.9 Å². The molecule has 2 rings (SSSR count). The summed E-state index contributed by atoms with van der Waals surface area (Å²) in [5.41, 5.74) is -0.667. The SMILES string of the molecule is O=C1CCCN1C[C@@]1(O)CCNC1. The molecule has 13 heavy (non-hydrogen) atoms. The molecule has 1 atom stereocenters. The molecule has 2 N–H and O–H groups in total. The van der Waals surface area contributed by atoms with Crippen LogP contribution >= 0.6 is 0 Å². The van der Waals surface area contributed by atoms with E-state index >= 15 is 0 Å². The Morgan fingerprint density at radius 2 is 2.46 bits per heavy atom. The van der Waals surface area contributed by atoms with E-state index in [0.29, 0.717) is 19.5 Å². The lowest BCUT2D eigenvalue weighted by molar-refractivity contribution is -0.130. The number of carbonyl (C=O) groups is 1. The van der Waals surface area contributed by atoms with Gasteiger partial charge in [0.25, 0.3) is 0 Å². The standard InChI is InChI=1S/C9H16N2O2/c12-8-2-1-5-11(8)7-9(13)3-4-10-6-9/h10,13H,1-7H2/t9-/m1/s1. The Labute approximate surface area is 77.9 Å². The first-order valence-electron chi connectivity index (χ1n) is 4.91. The molecule has 2 aliphatic heterocycles. The van der Waals surface area contributed by atoms with Crippen LogP contribution in [0.5, 0.6) is 0 Å². The van der Waals surface area contributed by atoms with Gasteiger partial charge in [-0.2, -0.15) is 0 Å². The van der Waals surface area contributed by atoms with Crippen molar-refractivity contribution in [3.05, 3.63) is 0 Å². The number of aliphatic hydroxyl groups is 1. The average molecular weight is 184 g/mol. The van der Waals surface area contributed by atoms with Gasteiger partial charge in [-0.15, -0.1) is 0 Å². The molecule has 0 saturated carbocycles. The van der Waals surface area contributed by atoms with Crippen LogP contribution in [0, 0.1) is 0 Å². The van der Waals surface area contributed by atoms with Crippen LogP contribution in [-0.2, 0) is 4.79 Å². The van der Waals surface area contributed by atoms with Crippen molar-refractivity contribution in [3.8, 4) is 0 Å². The molecule has 0 aliphatic carbocycles. The van der Waals surface area contributed by atoms with Crippen molar-refractivity contribution in [1.82, 2.24) is 10.2 Å². The summed E-state index contributed by atoms with van der Waals surface area (Å²) in [6, 6.07) is 0. The van der Waals surface area contributed by atoms with E-state index in [1.165, 1.54) is 0 Å². The van der Waals surface area contributed by atoms with Gasteiger partial charge in [0, 0.05) is 19.5 Å². The predicted molar refractivity (Wildman–Crippen MR) is 48.3 cm³/mol. The quantitative estimate of drug-likeness (QED) is 0.598. The molecule has 0 aromatic carbocycles. The minimum absolute atomic E-state index is 0.195. The third kappa shape index (κ3) is 1.84. The van der Waals surface area contributed by atoms with Crippen LogP contribution in [0.15, 0.2) is 0 Å². The van der Waals surface area contributed by atoms with E-state index in [2.05, 4.69) is 5.32 Å². The Hall–Kier alpha value is -0.610. The van der Waals surface area contributed by atoms with Gasteiger partial charge >= 0.3 is 0 Å². The molecule has 0 aromatic rings. The Kier molecular flexibility index (Phi) is 2.26. The number of hydrogen-bond acceptors (Lipinski definition) is 3. The van der Waals surface area contributed by atoms with Crippen LogP contribution in [0.2, 0.25) is 0 Å². The van der Waals surface area contributed by atoms with E-state index in [-0.39, 0.29) is 5.91 Å². The van der Waals surface area contributed by atoms with Gasteiger partial charge in [-0.3, -0.25) is 4.79 Å². The van der Waals surface area contributed by atoms with Crippen molar-refractivity contribution in [3.63, 3.8) is 0 Å². The second-order valence-electron chi connectivity index (χ2n) is 4.07. The van der Waals surface area contributed by atoms with Gasteiger partial charge in [-0.1, -0.05) is 0 Å². The Balaban J connectivity index is 1.92. The first-order chi connectivity index (χ1) is 6.20. The fraction of sp³-hybridized carbons (Fsp3) is 0.889. The van der Waals surface area contributed by atoms with E-state index in [4.69, 9.17) is 0 Å². The molecule has 0 unspecified atom stereocenters. The second-order valence-corrected chi connectivity index (χ2v) is 4.07. The number of amides is 1. The monoisotopic (exact) mass is 184 g/mol. The number of nitrogens with one attached hydrogen (secondary N) is 1. The molecule has 74 valence electrons. The summed E-state index contributed by atoms with van der Waals surface area (Å²) >= 11 is 0. The Morgan fingerprint density at radius 3 is 3.00 bits per heavy atom. The van der Waals surface area contributed by atoms with E-state index in [9.17, 15) is 9.90 Å². The maximum Gasteiger partial charge on any atom is 0.222 e. The van der Waals surface area contributed by atoms with Gasteiger partial charge in [0.1, 0.15) is 0 Å². The molecule has 4 heteroatoms. The van der Waals surface area contributed by atoms with Gasteiger partial charge in [0.2, 0.25) is 5.91 Å². The number of likely N-dealkylation sites (tertiary alicyclic amines) is 1. The van der Waals surface area contributed by atoms with E-state index in [0.717, 1.165) is 25.9 Å². The van der Waals surface area contributed by atoms with Gasteiger partial charge in [0.15, 0.2) is 0 Å². The molecule has 2 fully saturated rings. The largest absolute Gasteiger partial charge is 0.387 e. The third-order valence-electron chi connectivity index (χ3n) is 2.88. The first-order valence-corrected chi connectivity index (χ1v) is 4.91. The zero-order valence-electron chi connectivity index (χ0n) is 7.75. The number of carbonyl (C=O) groups excluding carboxylic acids is 1. The Morgan fingerprint density at radius 1 is 1.62 bits per heavy atom. The minimum Gasteiger partial charge on any atom is -0.387 e. The summed E-state index contributed by atoms with van der Waals surface area (Å²) in [5.74, 6) is 0.195. The minimum atomic E-state index is -0.667. The Bertz CT molecular complexity index is 212. The summed E-state index contributed by atoms with van der Waals surface area (Å²) in [6.07, 6.45) is 2.36. The highest BCUT2D eigenvalue weighted by Crippen LogP contribution is 2.19. The smallest absolute Gasteiger partial charge is 0.222 e. The van der Waals surface area contributed by atoms with Crippen molar-refractivity contribution >= 4 is 5.91 Å². The molecule has 0 aromatic heterocycles. The van der Waals surface area contributed by atoms with E-state index in [1.807, 2.05) is 0 Å². The number of rotatable bonds is 2. The maximum atomic E-state index is 11.3. The lowest BCUT2D eigenvalue weighted by Crippen LogP contribution is -2.45. The van der Waals surface area contributed by atoms with Crippen LogP contribution < -0.4 is 5.32 Å². The zero-order valence-corrected chi connectivity index (χ0v) is 7.75. The van der Waals surface area contributed by atoms with Crippen LogP contribution in [0.25, 0.3) is 0 Å². The van der Waals surface area contributed by atoms with Gasteiger partial charge in [-0.25, -0.2) is 0 Å². The number of hydrogen-bond donors (Lipinski definition) is 2. The molecule has 2 saturated heterocycles. The zero-order chi connectivity index (χ0) is 9.31. The molecule has 1 amide bonds. The normalized spacial score (nSPS) is 34.5. The molecule has 0 bridgehead atoms. The number of β-amino-alcohol motifs (C(OH)–C–C–N with tert-alkyl or cyclic N) is 1. The molecule has 4 nitrogen and oxygen atoms in total. The van der Waals surface area contributed by atoms with Crippen molar-refractivity contribution in [2.75, 3.05) is 26.2 Å². The van der Waals surface area contributed by atoms with Gasteiger partial charge in [-0.05, 0) is 19.4 Å². The first kappa shape index (κ1) is 8.97. The van der Waals surface area contributed by atoms with Crippen molar-refractivity contribution < 1.29 is 9.90 Å². The van der Waals surface area contributed by atoms with E-state index < -0.39 is 5.60 Å². The van der Waals surface area contributed by atoms with E-state index in [1.54, 1.807) is 4.90 Å². The van der Waals surface area contributed by atoms with Crippen LogP contribution in [0.1, 0.15) is 19.3 Å². The van der Waals surface area contributed by atoms with Crippen LogP contribution in [-0.4, -0.2) is 47.7 Å².